The smallest absolute Gasteiger partial charge is 0.201 e. The van der Waals surface area contributed by atoms with Crippen molar-refractivity contribution in [3.8, 4) is 22.4 Å². The molecule has 2 aromatic carbocycles. The average Bonchev–Trinajstić information content (AvgIpc) is 2.55. The molecule has 0 atom stereocenters. The molecule has 0 amide bonds. The molecule has 1 aromatic heterocycles. The number of hydrogen-bond donors (Lipinski definition) is 0. The van der Waals surface area contributed by atoms with Gasteiger partial charge in [0.25, 0.3) is 0 Å². The summed E-state index contributed by atoms with van der Waals surface area (Å²) in [5, 5.41) is 0. The van der Waals surface area contributed by atoms with E-state index in [1.165, 1.54) is 11.1 Å². The molecule has 0 aliphatic rings. The predicted octanol–water partition coefficient (Wildman–Crippen LogP) is 4.72. The Morgan fingerprint density at radius 3 is 2.59 bits per heavy atom. The molecule has 0 saturated carbocycles. The van der Waals surface area contributed by atoms with Crippen LogP contribution in [0.2, 0.25) is 0 Å². The zero-order valence-electron chi connectivity index (χ0n) is 16.0. The highest BCUT2D eigenvalue weighted by atomic mass is 14.9. The van der Waals surface area contributed by atoms with Crippen LogP contribution in [0.25, 0.3) is 22.4 Å². The Labute approximate surface area is 137 Å². The quantitative estimate of drug-likeness (QED) is 0.615. The average molecular weight is 291 g/mol. The second-order valence-corrected chi connectivity index (χ2v) is 5.60. The van der Waals surface area contributed by atoms with Crippen LogP contribution in [-0.2, 0) is 13.5 Å². The zero-order valence-corrected chi connectivity index (χ0v) is 13.0. The van der Waals surface area contributed by atoms with Gasteiger partial charge in [0, 0.05) is 21.8 Å². The first-order chi connectivity index (χ1) is 11.8. The molecule has 0 radical (unpaired) electrons. The van der Waals surface area contributed by atoms with Gasteiger partial charge in [-0.1, -0.05) is 49.3 Å². The second kappa shape index (κ2) is 6.15. The Morgan fingerprint density at radius 1 is 0.955 bits per heavy atom. The van der Waals surface area contributed by atoms with E-state index in [2.05, 4.69) is 35.8 Å². The summed E-state index contributed by atoms with van der Waals surface area (Å²) in [6.07, 6.45) is 2.14. The van der Waals surface area contributed by atoms with Crippen molar-refractivity contribution in [2.45, 2.75) is 20.2 Å². The van der Waals surface area contributed by atoms with Crippen molar-refractivity contribution in [2.24, 2.45) is 7.05 Å². The predicted molar refractivity (Wildman–Crippen MR) is 92.6 cm³/mol. The molecular formula is C21H22N+. The molecule has 0 N–H and O–H groups in total. The minimum absolute atomic E-state index is 0.0894. The number of aryl methyl sites for hydroxylation is 3. The van der Waals surface area contributed by atoms with Crippen molar-refractivity contribution in [2.75, 3.05) is 0 Å². The Bertz CT molecular complexity index is 898. The summed E-state index contributed by atoms with van der Waals surface area (Å²) >= 11 is 0. The van der Waals surface area contributed by atoms with Crippen LogP contribution in [0.15, 0.2) is 66.9 Å². The fraction of sp³-hybridized carbons (Fsp3) is 0.190. The summed E-state index contributed by atoms with van der Waals surface area (Å²) in [7, 11) is 2.04. The van der Waals surface area contributed by atoms with Crippen LogP contribution >= 0.6 is 0 Å². The first-order valence-corrected chi connectivity index (χ1v) is 7.48. The molecule has 22 heavy (non-hydrogen) atoms. The van der Waals surface area contributed by atoms with E-state index in [0.717, 1.165) is 22.4 Å². The van der Waals surface area contributed by atoms with Gasteiger partial charge in [-0.25, -0.2) is 4.57 Å². The van der Waals surface area contributed by atoms with E-state index in [1.54, 1.807) is 0 Å². The minimum Gasteiger partial charge on any atom is -0.201 e. The third-order valence-corrected chi connectivity index (χ3v) is 4.04. The van der Waals surface area contributed by atoms with Gasteiger partial charge in [-0.05, 0) is 41.7 Å². The number of benzene rings is 2. The molecule has 0 bridgehead atoms. The molecule has 0 spiro atoms. The highest BCUT2D eigenvalue weighted by molar-refractivity contribution is 5.70. The number of rotatable bonds is 3. The molecule has 0 aliphatic heterocycles. The van der Waals surface area contributed by atoms with Gasteiger partial charge in [0.1, 0.15) is 7.05 Å². The highest BCUT2D eigenvalue weighted by Crippen LogP contribution is 2.26. The van der Waals surface area contributed by atoms with E-state index < -0.39 is 6.85 Å². The van der Waals surface area contributed by atoms with Crippen molar-refractivity contribution in [3.63, 3.8) is 0 Å². The molecule has 1 nitrogen and oxygen atoms in total. The van der Waals surface area contributed by atoms with E-state index in [9.17, 15) is 0 Å². The Hall–Kier alpha value is -2.41. The fourth-order valence-electron chi connectivity index (χ4n) is 2.74. The highest BCUT2D eigenvalue weighted by Gasteiger charge is 2.13. The molecule has 0 fully saturated rings. The largest absolute Gasteiger partial charge is 0.213 e. The van der Waals surface area contributed by atoms with Crippen LogP contribution in [-0.4, -0.2) is 0 Å². The number of pyridine rings is 1. The van der Waals surface area contributed by atoms with Gasteiger partial charge >= 0.3 is 0 Å². The summed E-state index contributed by atoms with van der Waals surface area (Å²) < 4.78 is 24.5. The van der Waals surface area contributed by atoms with E-state index in [1.807, 2.05) is 49.6 Å². The molecule has 3 aromatic rings. The Kier molecular flexibility index (Phi) is 3.13. The zero-order chi connectivity index (χ0) is 18.0. The lowest BCUT2D eigenvalue weighted by atomic mass is 9.99. The molecule has 1 heterocycles. The van der Waals surface area contributed by atoms with Crippen molar-refractivity contribution in [1.29, 1.82) is 0 Å². The standard InChI is InChI=1S/C21H22N/c1-4-17-9-7-10-18(14-17)19-12-13-22(3)21(15-19)20-11-6-5-8-16(20)2/h5-15H,4H2,1-3H3/q+1/i1D3. The normalized spacial score (nSPS) is 13.3. The van der Waals surface area contributed by atoms with E-state index in [0.29, 0.717) is 0 Å². The summed E-state index contributed by atoms with van der Waals surface area (Å²) in [6.45, 7) is 0.160. The van der Waals surface area contributed by atoms with Crippen LogP contribution in [0.5, 0.6) is 0 Å². The van der Waals surface area contributed by atoms with Crippen LogP contribution in [0.1, 0.15) is 22.1 Å². The third-order valence-electron chi connectivity index (χ3n) is 4.04. The van der Waals surface area contributed by atoms with Gasteiger partial charge in [-0.15, -0.1) is 0 Å². The number of nitrogens with zero attached hydrogens (tertiary/aromatic N) is 1. The summed E-state index contributed by atoms with van der Waals surface area (Å²) in [6, 6.07) is 20.4. The molecular weight excluding hydrogens is 266 g/mol. The van der Waals surface area contributed by atoms with E-state index in [-0.39, 0.29) is 6.42 Å². The summed E-state index contributed by atoms with van der Waals surface area (Å²) in [5.74, 6) is 0. The van der Waals surface area contributed by atoms with Gasteiger partial charge in [-0.3, -0.25) is 0 Å². The lowest BCUT2D eigenvalue weighted by Gasteiger charge is -2.08. The van der Waals surface area contributed by atoms with Crippen molar-refractivity contribution < 1.29 is 8.68 Å². The molecule has 0 unspecified atom stereocenters. The monoisotopic (exact) mass is 291 g/mol. The third kappa shape index (κ3) is 2.80. The molecule has 1 heteroatoms. The van der Waals surface area contributed by atoms with Gasteiger partial charge in [0.05, 0.1) is 0 Å². The van der Waals surface area contributed by atoms with Gasteiger partial charge in [-0.2, -0.15) is 0 Å². The second-order valence-electron chi connectivity index (χ2n) is 5.60. The van der Waals surface area contributed by atoms with E-state index >= 15 is 0 Å². The SMILES string of the molecule is [2H]C([2H])([2H])Cc1cccc(-c2cc[n+](C)c(-c3ccccc3C)c2)c1. The van der Waals surface area contributed by atoms with Crippen molar-refractivity contribution in [3.05, 3.63) is 78.0 Å². The van der Waals surface area contributed by atoms with Crippen LogP contribution < -0.4 is 4.57 Å². The van der Waals surface area contributed by atoms with Gasteiger partial charge in [0.2, 0.25) is 5.69 Å². The lowest BCUT2D eigenvalue weighted by molar-refractivity contribution is -0.660. The van der Waals surface area contributed by atoms with Crippen LogP contribution in [0.3, 0.4) is 0 Å². The first kappa shape index (κ1) is 11.2. The maximum atomic E-state index is 7.47. The van der Waals surface area contributed by atoms with Gasteiger partial charge < -0.3 is 0 Å². The maximum Gasteiger partial charge on any atom is 0.213 e. The van der Waals surface area contributed by atoms with Gasteiger partial charge in [0.15, 0.2) is 6.20 Å². The van der Waals surface area contributed by atoms with Crippen LogP contribution in [0, 0.1) is 6.92 Å². The molecule has 3 rings (SSSR count). The summed E-state index contributed by atoms with van der Waals surface area (Å²) in [4.78, 5) is 0. The van der Waals surface area contributed by atoms with E-state index in [4.69, 9.17) is 4.11 Å². The number of aromatic nitrogens is 1. The molecule has 0 saturated heterocycles. The maximum absolute atomic E-state index is 7.47. The lowest BCUT2D eigenvalue weighted by Crippen LogP contribution is -2.30. The Balaban J connectivity index is 2.04. The topological polar surface area (TPSA) is 3.88 Å². The fourth-order valence-corrected chi connectivity index (χ4v) is 2.74. The van der Waals surface area contributed by atoms with Crippen molar-refractivity contribution in [1.82, 2.24) is 0 Å². The minimum atomic E-state index is -1.95. The van der Waals surface area contributed by atoms with Crippen LogP contribution in [0.4, 0.5) is 0 Å². The number of hydrogen-bond acceptors (Lipinski definition) is 0. The molecule has 0 aliphatic carbocycles. The first-order valence-electron chi connectivity index (χ1n) is 8.98. The molecule has 110 valence electrons. The Morgan fingerprint density at radius 2 is 1.77 bits per heavy atom. The van der Waals surface area contributed by atoms with Crippen molar-refractivity contribution >= 4 is 0 Å². The summed E-state index contributed by atoms with van der Waals surface area (Å²) in [5.41, 5.74) is 6.53.